The summed E-state index contributed by atoms with van der Waals surface area (Å²) in [6, 6.07) is 1.29. The van der Waals surface area contributed by atoms with Gasteiger partial charge < -0.3 is 9.88 Å². The van der Waals surface area contributed by atoms with E-state index in [9.17, 15) is 0 Å². The van der Waals surface area contributed by atoms with Crippen molar-refractivity contribution < 1.29 is 0 Å². The molecule has 1 N–H and O–H groups in total. The van der Waals surface area contributed by atoms with E-state index in [1.54, 1.807) is 0 Å². The lowest BCUT2D eigenvalue weighted by molar-refractivity contribution is 0.0998. The van der Waals surface area contributed by atoms with Crippen molar-refractivity contribution in [2.24, 2.45) is 18.9 Å². The van der Waals surface area contributed by atoms with E-state index in [2.05, 4.69) is 54.5 Å². The summed E-state index contributed by atoms with van der Waals surface area (Å²) in [5.74, 6) is 2.64. The number of aromatic nitrogens is 2. The number of nitrogens with one attached hydrogen (secondary N) is 1. The summed E-state index contributed by atoms with van der Waals surface area (Å²) in [5, 5.41) is 3.75. The normalized spacial score (nSPS) is 24.1. The van der Waals surface area contributed by atoms with Crippen molar-refractivity contribution in [3.05, 3.63) is 18.2 Å². The monoisotopic (exact) mass is 292 g/mol. The lowest BCUT2D eigenvalue weighted by atomic mass is 9.95. The first-order valence-corrected chi connectivity index (χ1v) is 8.41. The van der Waals surface area contributed by atoms with Crippen LogP contribution in [-0.4, -0.2) is 46.2 Å². The number of hydrogen-bond acceptors (Lipinski definition) is 3. The highest BCUT2D eigenvalue weighted by atomic mass is 15.2. The van der Waals surface area contributed by atoms with Gasteiger partial charge in [-0.15, -0.1) is 0 Å². The van der Waals surface area contributed by atoms with Crippen LogP contribution in [0.5, 0.6) is 0 Å². The Morgan fingerprint density at radius 2 is 2.10 bits per heavy atom. The minimum Gasteiger partial charge on any atom is -0.338 e. The molecule has 4 heteroatoms. The van der Waals surface area contributed by atoms with Gasteiger partial charge in [0.15, 0.2) is 0 Å². The fourth-order valence-electron chi connectivity index (χ4n) is 3.26. The molecule has 1 aromatic heterocycles. The van der Waals surface area contributed by atoms with Gasteiger partial charge in [-0.1, -0.05) is 27.7 Å². The number of aryl methyl sites for hydroxylation is 1. The molecular weight excluding hydrogens is 260 g/mol. The Labute approximate surface area is 129 Å². The SMILES string of the molecule is CC(C)CC1CNC(C(C)C)CN1CCc1nccn1C. The van der Waals surface area contributed by atoms with Gasteiger partial charge in [-0.3, -0.25) is 4.90 Å². The predicted molar refractivity (Wildman–Crippen MR) is 88.4 cm³/mol. The van der Waals surface area contributed by atoms with Crippen LogP contribution in [0.15, 0.2) is 12.4 Å². The molecule has 0 aliphatic carbocycles. The van der Waals surface area contributed by atoms with Crippen molar-refractivity contribution in [2.45, 2.75) is 52.6 Å². The van der Waals surface area contributed by atoms with Crippen LogP contribution in [0.1, 0.15) is 39.9 Å². The van der Waals surface area contributed by atoms with Crippen LogP contribution in [0.3, 0.4) is 0 Å². The Balaban J connectivity index is 1.97. The molecule has 0 amide bonds. The van der Waals surface area contributed by atoms with Crippen LogP contribution >= 0.6 is 0 Å². The second kappa shape index (κ2) is 7.41. The molecule has 0 bridgehead atoms. The van der Waals surface area contributed by atoms with Crippen LogP contribution in [0.4, 0.5) is 0 Å². The molecule has 2 heterocycles. The van der Waals surface area contributed by atoms with Gasteiger partial charge in [-0.05, 0) is 18.3 Å². The molecule has 1 aliphatic rings. The average Bonchev–Trinajstić information content (AvgIpc) is 2.82. The number of piperazine rings is 1. The van der Waals surface area contributed by atoms with E-state index in [0.29, 0.717) is 18.0 Å². The molecule has 2 unspecified atom stereocenters. The predicted octanol–water partition coefficient (Wildman–Crippen LogP) is 2.31. The topological polar surface area (TPSA) is 33.1 Å². The van der Waals surface area contributed by atoms with Crippen molar-refractivity contribution in [1.82, 2.24) is 19.8 Å². The Kier molecular flexibility index (Phi) is 5.82. The molecular formula is C17H32N4. The molecule has 4 nitrogen and oxygen atoms in total. The summed E-state index contributed by atoms with van der Waals surface area (Å²) in [4.78, 5) is 7.15. The van der Waals surface area contributed by atoms with Crippen molar-refractivity contribution in [3.8, 4) is 0 Å². The van der Waals surface area contributed by atoms with Gasteiger partial charge in [0.2, 0.25) is 0 Å². The summed E-state index contributed by atoms with van der Waals surface area (Å²) in [7, 11) is 2.09. The lowest BCUT2D eigenvalue weighted by Gasteiger charge is -2.42. The van der Waals surface area contributed by atoms with Gasteiger partial charge in [0, 0.05) is 57.6 Å². The average molecular weight is 292 g/mol. The Morgan fingerprint density at radius 1 is 1.33 bits per heavy atom. The van der Waals surface area contributed by atoms with E-state index in [4.69, 9.17) is 0 Å². The maximum absolute atomic E-state index is 4.46. The van der Waals surface area contributed by atoms with Gasteiger partial charge in [0.05, 0.1) is 0 Å². The first-order chi connectivity index (χ1) is 9.97. The molecule has 0 spiro atoms. The summed E-state index contributed by atoms with van der Waals surface area (Å²) in [6.07, 6.45) is 6.26. The summed E-state index contributed by atoms with van der Waals surface area (Å²) in [5.41, 5.74) is 0. The molecule has 2 atom stereocenters. The Bertz CT molecular complexity index is 424. The lowest BCUT2D eigenvalue weighted by Crippen LogP contribution is -2.58. The number of rotatable bonds is 6. The molecule has 0 saturated carbocycles. The Morgan fingerprint density at radius 3 is 2.67 bits per heavy atom. The third kappa shape index (κ3) is 4.55. The first-order valence-electron chi connectivity index (χ1n) is 8.41. The van der Waals surface area contributed by atoms with Crippen molar-refractivity contribution >= 4 is 0 Å². The van der Waals surface area contributed by atoms with E-state index >= 15 is 0 Å². The Hall–Kier alpha value is -0.870. The van der Waals surface area contributed by atoms with E-state index in [-0.39, 0.29) is 0 Å². The van der Waals surface area contributed by atoms with E-state index in [1.165, 1.54) is 18.8 Å². The van der Waals surface area contributed by atoms with Crippen LogP contribution < -0.4 is 5.32 Å². The summed E-state index contributed by atoms with van der Waals surface area (Å²) >= 11 is 0. The summed E-state index contributed by atoms with van der Waals surface area (Å²) < 4.78 is 2.14. The summed E-state index contributed by atoms with van der Waals surface area (Å²) in [6.45, 7) is 12.7. The molecule has 1 fully saturated rings. The third-order valence-electron chi connectivity index (χ3n) is 4.66. The van der Waals surface area contributed by atoms with Crippen LogP contribution in [0, 0.1) is 11.8 Å². The van der Waals surface area contributed by atoms with Crippen LogP contribution in [-0.2, 0) is 13.5 Å². The zero-order chi connectivity index (χ0) is 15.4. The van der Waals surface area contributed by atoms with Gasteiger partial charge >= 0.3 is 0 Å². The maximum Gasteiger partial charge on any atom is 0.109 e. The fraction of sp³-hybridized carbons (Fsp3) is 0.824. The van der Waals surface area contributed by atoms with E-state index in [0.717, 1.165) is 25.4 Å². The number of imidazole rings is 1. The van der Waals surface area contributed by atoms with Crippen molar-refractivity contribution in [1.29, 1.82) is 0 Å². The zero-order valence-electron chi connectivity index (χ0n) is 14.3. The molecule has 1 aromatic rings. The molecule has 120 valence electrons. The highest BCUT2D eigenvalue weighted by molar-refractivity contribution is 4.94. The standard InChI is InChI=1S/C17H32N4/c1-13(2)10-15-11-19-16(14(3)4)12-21(15)8-6-17-18-7-9-20(17)5/h7,9,13-16,19H,6,8,10-12H2,1-5H3. The van der Waals surface area contributed by atoms with Crippen molar-refractivity contribution in [2.75, 3.05) is 19.6 Å². The minimum atomic E-state index is 0.620. The number of nitrogens with zero attached hydrogens (tertiary/aromatic N) is 3. The second-order valence-electron chi connectivity index (χ2n) is 7.24. The van der Waals surface area contributed by atoms with Crippen LogP contribution in [0.2, 0.25) is 0 Å². The molecule has 1 saturated heterocycles. The largest absolute Gasteiger partial charge is 0.338 e. The highest BCUT2D eigenvalue weighted by Crippen LogP contribution is 2.18. The minimum absolute atomic E-state index is 0.620. The van der Waals surface area contributed by atoms with Crippen molar-refractivity contribution in [3.63, 3.8) is 0 Å². The van der Waals surface area contributed by atoms with E-state index < -0.39 is 0 Å². The molecule has 21 heavy (non-hydrogen) atoms. The van der Waals surface area contributed by atoms with Gasteiger partial charge in [0.1, 0.15) is 5.82 Å². The zero-order valence-corrected chi connectivity index (χ0v) is 14.3. The molecule has 1 aliphatic heterocycles. The van der Waals surface area contributed by atoms with Gasteiger partial charge in [0.25, 0.3) is 0 Å². The molecule has 0 aromatic carbocycles. The van der Waals surface area contributed by atoms with Crippen LogP contribution in [0.25, 0.3) is 0 Å². The first kappa shape index (κ1) is 16.5. The van der Waals surface area contributed by atoms with Gasteiger partial charge in [-0.25, -0.2) is 4.98 Å². The van der Waals surface area contributed by atoms with Gasteiger partial charge in [-0.2, -0.15) is 0 Å². The molecule has 2 rings (SSSR count). The highest BCUT2D eigenvalue weighted by Gasteiger charge is 2.29. The van der Waals surface area contributed by atoms with E-state index in [1.807, 2.05) is 12.4 Å². The smallest absolute Gasteiger partial charge is 0.109 e. The third-order valence-corrected chi connectivity index (χ3v) is 4.66. The second-order valence-corrected chi connectivity index (χ2v) is 7.24. The fourth-order valence-corrected chi connectivity index (χ4v) is 3.26. The maximum atomic E-state index is 4.46. The number of hydrogen-bond donors (Lipinski definition) is 1. The molecule has 0 radical (unpaired) electrons. The quantitative estimate of drug-likeness (QED) is 0.873.